The molecule has 2 aromatic rings. The second kappa shape index (κ2) is 10.3. The van der Waals surface area contributed by atoms with Crippen molar-refractivity contribution < 1.29 is 14.0 Å². The third kappa shape index (κ3) is 5.74. The number of aryl methyl sites for hydroxylation is 1. The molecule has 2 heterocycles. The first kappa shape index (κ1) is 21.3. The molecule has 0 radical (unpaired) electrons. The lowest BCUT2D eigenvalue weighted by atomic mass is 10.1. The number of carbonyl (C=O) groups is 2. The number of furan rings is 1. The minimum absolute atomic E-state index is 0.0331. The first-order valence-electron chi connectivity index (χ1n) is 9.37. The van der Waals surface area contributed by atoms with Crippen LogP contribution in [0, 0.1) is 6.92 Å². The number of hydrogen-bond donors (Lipinski definition) is 0. The van der Waals surface area contributed by atoms with Crippen molar-refractivity contribution in [3.63, 3.8) is 0 Å². The van der Waals surface area contributed by atoms with Gasteiger partial charge >= 0.3 is 0 Å². The molecule has 0 unspecified atom stereocenters. The Hall–Kier alpha value is -3.02. The summed E-state index contributed by atoms with van der Waals surface area (Å²) in [6.07, 6.45) is 7.94. The zero-order valence-electron chi connectivity index (χ0n) is 17.1. The van der Waals surface area contributed by atoms with Crippen molar-refractivity contribution in [1.82, 2.24) is 9.80 Å². The standard InChI is InChI=1S/C12H17N.C10H12N2O3/c1-5-6-11-7-8-12(13(3)4)9-10(11)2;13-8-11-2-4-12(5-3-11)10(14)9-1-6-15-7-9/h5-9H,1-4H3;1,6-8H,2-5H2/b6-5+;. The van der Waals surface area contributed by atoms with E-state index in [1.807, 2.05) is 6.92 Å². The van der Waals surface area contributed by atoms with Gasteiger partial charge in [-0.1, -0.05) is 18.2 Å². The fourth-order valence-electron chi connectivity index (χ4n) is 2.90. The number of amides is 2. The van der Waals surface area contributed by atoms with E-state index in [0.29, 0.717) is 31.7 Å². The minimum atomic E-state index is -0.0331. The SMILES string of the molecule is C/C=C/c1ccc(N(C)C)cc1C.O=CN1CCN(C(=O)c2ccoc2)CC1. The van der Waals surface area contributed by atoms with Gasteiger partial charge in [0.05, 0.1) is 11.8 Å². The van der Waals surface area contributed by atoms with Gasteiger partial charge in [0.2, 0.25) is 6.41 Å². The Morgan fingerprint density at radius 3 is 2.36 bits per heavy atom. The molecule has 0 aliphatic carbocycles. The van der Waals surface area contributed by atoms with Gasteiger partial charge in [-0.15, -0.1) is 0 Å². The number of allylic oxidation sites excluding steroid dienone is 1. The molecule has 3 rings (SSSR count). The summed E-state index contributed by atoms with van der Waals surface area (Å²) in [5.74, 6) is -0.0331. The van der Waals surface area contributed by atoms with Crippen LogP contribution in [0.15, 0.2) is 47.3 Å². The Balaban J connectivity index is 0.000000203. The molecule has 1 saturated heterocycles. The predicted molar refractivity (Wildman–Crippen MR) is 112 cm³/mol. The maximum atomic E-state index is 11.8. The molecule has 150 valence electrons. The van der Waals surface area contributed by atoms with Crippen molar-refractivity contribution in [1.29, 1.82) is 0 Å². The highest BCUT2D eigenvalue weighted by atomic mass is 16.3. The molecule has 2 amide bonds. The van der Waals surface area contributed by atoms with Crippen molar-refractivity contribution in [2.24, 2.45) is 0 Å². The lowest BCUT2D eigenvalue weighted by Crippen LogP contribution is -2.48. The summed E-state index contributed by atoms with van der Waals surface area (Å²) >= 11 is 0. The average molecular weight is 383 g/mol. The molecule has 6 heteroatoms. The maximum absolute atomic E-state index is 11.8. The van der Waals surface area contributed by atoms with Crippen LogP contribution in [0.4, 0.5) is 5.69 Å². The van der Waals surface area contributed by atoms with Crippen LogP contribution in [-0.4, -0.2) is 62.4 Å². The predicted octanol–water partition coefficient (Wildman–Crippen LogP) is 3.29. The van der Waals surface area contributed by atoms with Crippen LogP contribution in [0.1, 0.15) is 28.4 Å². The Bertz CT molecular complexity index is 789. The summed E-state index contributed by atoms with van der Waals surface area (Å²) in [4.78, 5) is 27.8. The Morgan fingerprint density at radius 2 is 1.86 bits per heavy atom. The first-order valence-corrected chi connectivity index (χ1v) is 9.37. The lowest BCUT2D eigenvalue weighted by molar-refractivity contribution is -0.119. The fraction of sp³-hybridized carbons (Fsp3) is 0.364. The molecule has 28 heavy (non-hydrogen) atoms. The highest BCUT2D eigenvalue weighted by Crippen LogP contribution is 2.18. The quantitative estimate of drug-likeness (QED) is 0.761. The summed E-state index contributed by atoms with van der Waals surface area (Å²) in [5, 5.41) is 0. The van der Waals surface area contributed by atoms with Gasteiger partial charge in [-0.2, -0.15) is 0 Å². The van der Waals surface area contributed by atoms with E-state index < -0.39 is 0 Å². The summed E-state index contributed by atoms with van der Waals surface area (Å²) in [5.41, 5.74) is 4.44. The zero-order valence-corrected chi connectivity index (χ0v) is 17.1. The Morgan fingerprint density at radius 1 is 1.14 bits per heavy atom. The second-order valence-electron chi connectivity index (χ2n) is 6.88. The number of piperazine rings is 1. The van der Waals surface area contributed by atoms with Crippen LogP contribution in [0.5, 0.6) is 0 Å². The van der Waals surface area contributed by atoms with E-state index in [1.54, 1.807) is 15.9 Å². The van der Waals surface area contributed by atoms with Crippen LogP contribution < -0.4 is 4.90 Å². The average Bonchev–Trinajstić information content (AvgIpc) is 3.24. The Kier molecular flexibility index (Phi) is 7.87. The van der Waals surface area contributed by atoms with Crippen molar-refractivity contribution in [2.45, 2.75) is 13.8 Å². The molecule has 0 spiro atoms. The number of anilines is 1. The molecule has 1 aromatic carbocycles. The van der Waals surface area contributed by atoms with Crippen LogP contribution in [0.3, 0.4) is 0 Å². The molecule has 6 nitrogen and oxygen atoms in total. The third-order valence-electron chi connectivity index (χ3n) is 4.63. The van der Waals surface area contributed by atoms with E-state index in [9.17, 15) is 9.59 Å². The molecular weight excluding hydrogens is 354 g/mol. The highest BCUT2D eigenvalue weighted by Gasteiger charge is 2.21. The minimum Gasteiger partial charge on any atom is -0.472 e. The van der Waals surface area contributed by atoms with E-state index >= 15 is 0 Å². The smallest absolute Gasteiger partial charge is 0.257 e. The van der Waals surface area contributed by atoms with Crippen LogP contribution >= 0.6 is 0 Å². The molecule has 0 saturated carbocycles. The number of hydrogen-bond acceptors (Lipinski definition) is 4. The van der Waals surface area contributed by atoms with Gasteiger partial charge in [0.1, 0.15) is 6.26 Å². The number of carbonyl (C=O) groups excluding carboxylic acids is 2. The largest absolute Gasteiger partial charge is 0.472 e. The molecule has 0 N–H and O–H groups in total. The summed E-state index contributed by atoms with van der Waals surface area (Å²) in [7, 11) is 4.12. The van der Waals surface area contributed by atoms with Gasteiger partial charge in [-0.25, -0.2) is 0 Å². The summed E-state index contributed by atoms with van der Waals surface area (Å²) in [6, 6.07) is 8.15. The summed E-state index contributed by atoms with van der Waals surface area (Å²) < 4.78 is 4.85. The fourth-order valence-corrected chi connectivity index (χ4v) is 2.90. The van der Waals surface area contributed by atoms with Crippen LogP contribution in [-0.2, 0) is 4.79 Å². The van der Waals surface area contributed by atoms with Gasteiger partial charge < -0.3 is 19.1 Å². The number of benzene rings is 1. The Labute approximate surface area is 167 Å². The lowest BCUT2D eigenvalue weighted by Gasteiger charge is -2.32. The van der Waals surface area contributed by atoms with Gasteiger partial charge in [0.25, 0.3) is 5.91 Å². The van der Waals surface area contributed by atoms with Gasteiger partial charge in [-0.05, 0) is 43.2 Å². The number of nitrogens with zero attached hydrogens (tertiary/aromatic N) is 3. The third-order valence-corrected chi connectivity index (χ3v) is 4.63. The normalized spacial score (nSPS) is 13.9. The van der Waals surface area contributed by atoms with Crippen molar-refractivity contribution in [3.8, 4) is 0 Å². The van der Waals surface area contributed by atoms with Crippen LogP contribution in [0.2, 0.25) is 0 Å². The van der Waals surface area contributed by atoms with Crippen LogP contribution in [0.25, 0.3) is 6.08 Å². The first-order chi connectivity index (χ1) is 13.5. The van der Waals surface area contributed by atoms with E-state index in [-0.39, 0.29) is 5.91 Å². The molecule has 1 aliphatic heterocycles. The monoisotopic (exact) mass is 383 g/mol. The number of rotatable bonds is 4. The molecule has 0 atom stereocenters. The second-order valence-corrected chi connectivity index (χ2v) is 6.88. The molecule has 1 aromatic heterocycles. The van der Waals surface area contributed by atoms with E-state index in [0.717, 1.165) is 6.41 Å². The van der Waals surface area contributed by atoms with Crippen molar-refractivity contribution in [2.75, 3.05) is 45.2 Å². The van der Waals surface area contributed by atoms with Crippen molar-refractivity contribution in [3.05, 3.63) is 59.6 Å². The molecular formula is C22H29N3O3. The topological polar surface area (TPSA) is 57.0 Å². The van der Waals surface area contributed by atoms with Gasteiger partial charge in [0, 0.05) is 46.0 Å². The summed E-state index contributed by atoms with van der Waals surface area (Å²) in [6.45, 7) is 6.56. The zero-order chi connectivity index (χ0) is 20.5. The highest BCUT2D eigenvalue weighted by molar-refractivity contribution is 5.93. The van der Waals surface area contributed by atoms with E-state index in [4.69, 9.17) is 4.42 Å². The van der Waals surface area contributed by atoms with Gasteiger partial charge in [0.15, 0.2) is 0 Å². The molecule has 1 fully saturated rings. The molecule has 0 bridgehead atoms. The van der Waals surface area contributed by atoms with E-state index in [2.05, 4.69) is 56.3 Å². The van der Waals surface area contributed by atoms with E-state index in [1.165, 1.54) is 29.3 Å². The maximum Gasteiger partial charge on any atom is 0.257 e. The molecule has 1 aliphatic rings. The van der Waals surface area contributed by atoms with Crippen molar-refractivity contribution >= 4 is 24.1 Å². The van der Waals surface area contributed by atoms with Gasteiger partial charge in [-0.3, -0.25) is 9.59 Å².